The Morgan fingerprint density at radius 2 is 1.12 bits per heavy atom. The summed E-state index contributed by atoms with van der Waals surface area (Å²) in [7, 11) is 0. The number of fused-ring (bicyclic) bond motifs is 7. The van der Waals surface area contributed by atoms with E-state index in [1.54, 1.807) is 6.20 Å². The summed E-state index contributed by atoms with van der Waals surface area (Å²) in [5, 5.41) is 6.57. The summed E-state index contributed by atoms with van der Waals surface area (Å²) in [6, 6.07) is 50.8. The molecule has 10 aromatic rings. The zero-order valence-corrected chi connectivity index (χ0v) is 26.2. The van der Waals surface area contributed by atoms with Crippen LogP contribution in [0, 0.1) is 0 Å². The first kappa shape index (κ1) is 27.4. The van der Waals surface area contributed by atoms with E-state index in [0.717, 1.165) is 77.6 Å². The first-order chi connectivity index (χ1) is 24.3. The first-order valence-electron chi connectivity index (χ1n) is 16.3. The van der Waals surface area contributed by atoms with E-state index in [0.29, 0.717) is 5.71 Å². The van der Waals surface area contributed by atoms with E-state index in [1.807, 2.05) is 36.7 Å². The normalized spacial score (nSPS) is 11.7. The molecule has 0 radical (unpaired) electrons. The van der Waals surface area contributed by atoms with Crippen molar-refractivity contribution in [2.75, 3.05) is 4.90 Å². The number of nitrogens with zero attached hydrogens (tertiary/aromatic N) is 3. The van der Waals surface area contributed by atoms with Crippen molar-refractivity contribution in [3.63, 3.8) is 0 Å². The lowest BCUT2D eigenvalue weighted by molar-refractivity contribution is 0.655. The molecular weight excluding hydrogens is 603 g/mol. The number of hydrogen-bond acceptors (Lipinski definition) is 5. The molecule has 0 amide bonds. The number of pyridine rings is 2. The Balaban J connectivity index is 1.08. The lowest BCUT2D eigenvalue weighted by Crippen LogP contribution is -2.09. The molecule has 0 aliphatic rings. The number of aromatic nitrogens is 2. The number of hydrogen-bond donors (Lipinski definition) is 0. The van der Waals surface area contributed by atoms with Gasteiger partial charge in [-0.25, -0.2) is 4.98 Å². The molecule has 0 unspecified atom stereocenters. The van der Waals surface area contributed by atoms with Gasteiger partial charge in [-0.15, -0.1) is 0 Å². The molecule has 0 fully saturated rings. The molecule has 230 valence electrons. The minimum absolute atomic E-state index is 0.653. The Morgan fingerprint density at radius 1 is 0.449 bits per heavy atom. The number of benzene rings is 6. The minimum Gasteiger partial charge on any atom is -0.455 e. The van der Waals surface area contributed by atoms with Crippen molar-refractivity contribution in [1.82, 2.24) is 9.97 Å². The van der Waals surface area contributed by atoms with Gasteiger partial charge >= 0.3 is 0 Å². The van der Waals surface area contributed by atoms with Gasteiger partial charge in [0, 0.05) is 68.3 Å². The molecular formula is C44H27N3O2. The van der Waals surface area contributed by atoms with E-state index in [-0.39, 0.29) is 0 Å². The van der Waals surface area contributed by atoms with Crippen molar-refractivity contribution >= 4 is 71.8 Å². The molecule has 49 heavy (non-hydrogen) atoms. The zero-order chi connectivity index (χ0) is 32.3. The van der Waals surface area contributed by atoms with Crippen molar-refractivity contribution in [3.05, 3.63) is 164 Å². The molecule has 10 rings (SSSR count). The third-order valence-corrected chi connectivity index (χ3v) is 9.43. The predicted molar refractivity (Wildman–Crippen MR) is 200 cm³/mol. The minimum atomic E-state index is 0.653. The van der Waals surface area contributed by atoms with E-state index < -0.39 is 0 Å². The quantitative estimate of drug-likeness (QED) is 0.190. The van der Waals surface area contributed by atoms with Crippen LogP contribution in [0.5, 0.6) is 0 Å². The highest BCUT2D eigenvalue weighted by atomic mass is 16.3. The van der Waals surface area contributed by atoms with E-state index in [1.165, 1.54) is 10.8 Å². The van der Waals surface area contributed by atoms with Gasteiger partial charge in [0.2, 0.25) is 5.71 Å². The molecule has 0 saturated carbocycles. The molecule has 4 heterocycles. The summed E-state index contributed by atoms with van der Waals surface area (Å²) < 4.78 is 12.6. The standard InChI is InChI=1S/C44H27N3O2/c1-2-8-31-25-34(23-14-28(31)7-1)47(32-19-15-29(16-20-32)35-10-5-11-37-38-12-6-24-46-44(38)49-42(35)37)33-21-17-30(18-22-33)39-26-45-27-40-36-9-3-4-13-41(36)48-43(39)40/h1-27H. The molecule has 5 heteroatoms. The fourth-order valence-corrected chi connectivity index (χ4v) is 7.05. The van der Waals surface area contributed by atoms with Crippen LogP contribution in [-0.4, -0.2) is 9.97 Å². The zero-order valence-electron chi connectivity index (χ0n) is 26.2. The highest BCUT2D eigenvalue weighted by Crippen LogP contribution is 2.41. The van der Waals surface area contributed by atoms with Crippen LogP contribution in [0.2, 0.25) is 0 Å². The SMILES string of the molecule is c1ccc2cc(N(c3ccc(-c4cncc5c4oc4ccccc45)cc3)c3ccc(-c4cccc5c4oc4ncccc45)cc3)ccc2c1. The van der Waals surface area contributed by atoms with E-state index in [2.05, 4.69) is 136 Å². The summed E-state index contributed by atoms with van der Waals surface area (Å²) in [4.78, 5) is 11.3. The average molecular weight is 630 g/mol. The lowest BCUT2D eigenvalue weighted by atomic mass is 10.0. The van der Waals surface area contributed by atoms with Crippen molar-refractivity contribution in [2.24, 2.45) is 0 Å². The van der Waals surface area contributed by atoms with Crippen molar-refractivity contribution in [2.45, 2.75) is 0 Å². The molecule has 0 atom stereocenters. The Bertz CT molecular complexity index is 2670. The van der Waals surface area contributed by atoms with Gasteiger partial charge in [-0.3, -0.25) is 4.98 Å². The molecule has 0 N–H and O–H groups in total. The smallest absolute Gasteiger partial charge is 0.227 e. The van der Waals surface area contributed by atoms with Crippen molar-refractivity contribution in [1.29, 1.82) is 0 Å². The Morgan fingerprint density at radius 3 is 1.96 bits per heavy atom. The second-order valence-corrected chi connectivity index (χ2v) is 12.3. The van der Waals surface area contributed by atoms with Gasteiger partial charge in [-0.05, 0) is 76.5 Å². The third-order valence-electron chi connectivity index (χ3n) is 9.43. The van der Waals surface area contributed by atoms with Gasteiger partial charge in [0.25, 0.3) is 0 Å². The highest BCUT2D eigenvalue weighted by molar-refractivity contribution is 6.10. The van der Waals surface area contributed by atoms with Crippen LogP contribution in [0.4, 0.5) is 17.1 Å². The van der Waals surface area contributed by atoms with Crippen LogP contribution < -0.4 is 4.90 Å². The van der Waals surface area contributed by atoms with Gasteiger partial charge in [0.1, 0.15) is 16.7 Å². The monoisotopic (exact) mass is 629 g/mol. The second-order valence-electron chi connectivity index (χ2n) is 12.3. The molecule has 0 spiro atoms. The maximum Gasteiger partial charge on any atom is 0.227 e. The molecule has 0 aliphatic heterocycles. The second kappa shape index (κ2) is 10.9. The van der Waals surface area contributed by atoms with E-state index in [4.69, 9.17) is 8.83 Å². The van der Waals surface area contributed by atoms with Crippen LogP contribution in [0.1, 0.15) is 0 Å². The Labute approximate surface area is 281 Å². The summed E-state index contributed by atoms with van der Waals surface area (Å²) in [6.07, 6.45) is 5.54. The van der Waals surface area contributed by atoms with Gasteiger partial charge in [0.05, 0.1) is 0 Å². The summed E-state index contributed by atoms with van der Waals surface area (Å²) in [5.41, 5.74) is 10.5. The maximum absolute atomic E-state index is 6.33. The number of rotatable bonds is 5. The third kappa shape index (κ3) is 4.48. The van der Waals surface area contributed by atoms with Crippen LogP contribution in [0.3, 0.4) is 0 Å². The lowest BCUT2D eigenvalue weighted by Gasteiger charge is -2.26. The summed E-state index contributed by atoms with van der Waals surface area (Å²) >= 11 is 0. The molecule has 0 aliphatic carbocycles. The molecule has 0 saturated heterocycles. The van der Waals surface area contributed by atoms with Gasteiger partial charge in [0.15, 0.2) is 0 Å². The molecule has 6 aromatic carbocycles. The van der Waals surface area contributed by atoms with E-state index in [9.17, 15) is 0 Å². The number of anilines is 3. The maximum atomic E-state index is 6.33. The van der Waals surface area contributed by atoms with Gasteiger partial charge < -0.3 is 13.7 Å². The van der Waals surface area contributed by atoms with Crippen LogP contribution in [0.15, 0.2) is 173 Å². The fraction of sp³-hybridized carbons (Fsp3) is 0. The van der Waals surface area contributed by atoms with Crippen molar-refractivity contribution < 1.29 is 8.83 Å². The molecule has 4 aromatic heterocycles. The Hall–Kier alpha value is -6.72. The number of para-hydroxylation sites is 2. The van der Waals surface area contributed by atoms with Gasteiger partial charge in [-0.1, -0.05) is 91.0 Å². The van der Waals surface area contributed by atoms with Gasteiger partial charge in [-0.2, -0.15) is 0 Å². The van der Waals surface area contributed by atoms with Crippen molar-refractivity contribution in [3.8, 4) is 22.3 Å². The van der Waals surface area contributed by atoms with E-state index >= 15 is 0 Å². The first-order valence-corrected chi connectivity index (χ1v) is 16.3. The highest BCUT2D eigenvalue weighted by Gasteiger charge is 2.17. The summed E-state index contributed by atoms with van der Waals surface area (Å²) in [6.45, 7) is 0. The topological polar surface area (TPSA) is 55.3 Å². The predicted octanol–water partition coefficient (Wildman–Crippen LogP) is 12.2. The van der Waals surface area contributed by atoms with Crippen LogP contribution in [0.25, 0.3) is 77.0 Å². The van der Waals surface area contributed by atoms with Crippen LogP contribution in [-0.2, 0) is 0 Å². The number of furan rings is 2. The summed E-state index contributed by atoms with van der Waals surface area (Å²) in [5.74, 6) is 0. The fourth-order valence-electron chi connectivity index (χ4n) is 7.05. The molecule has 5 nitrogen and oxygen atoms in total. The molecule has 0 bridgehead atoms. The average Bonchev–Trinajstić information content (AvgIpc) is 3.74. The van der Waals surface area contributed by atoms with Crippen LogP contribution >= 0.6 is 0 Å². The Kier molecular flexibility index (Phi) is 6.11. The largest absolute Gasteiger partial charge is 0.455 e.